The molecular formula is C15H20N6O6S. The van der Waals surface area contributed by atoms with Gasteiger partial charge in [0.15, 0.2) is 17.7 Å². The van der Waals surface area contributed by atoms with Crippen LogP contribution in [0.2, 0.25) is 0 Å². The average molecular weight is 412 g/mol. The first kappa shape index (κ1) is 19.2. The Labute approximate surface area is 160 Å². The minimum absolute atomic E-state index is 0.208. The number of nitrogen functional groups attached to an aromatic ring is 1. The van der Waals surface area contributed by atoms with Crippen molar-refractivity contribution in [3.8, 4) is 0 Å². The van der Waals surface area contributed by atoms with Gasteiger partial charge in [0.25, 0.3) is 0 Å². The summed E-state index contributed by atoms with van der Waals surface area (Å²) in [6.45, 7) is 7.01. The smallest absolute Gasteiger partial charge is 0.333 e. The molecule has 2 fully saturated rings. The maximum Gasteiger partial charge on any atom is 0.333 e. The lowest BCUT2D eigenvalue weighted by molar-refractivity contribution is -0.196. The second kappa shape index (κ2) is 6.43. The summed E-state index contributed by atoms with van der Waals surface area (Å²) < 4.78 is 52.5. The summed E-state index contributed by atoms with van der Waals surface area (Å²) in [4.78, 5) is 8.23. The molecule has 2 saturated heterocycles. The molecule has 0 unspecified atom stereocenters. The third-order valence-electron chi connectivity index (χ3n) is 4.57. The molecule has 2 aromatic heterocycles. The van der Waals surface area contributed by atoms with Gasteiger partial charge in [-0.25, -0.2) is 14.6 Å². The number of ether oxygens (including phenoxy) is 3. The van der Waals surface area contributed by atoms with Gasteiger partial charge in [-0.15, -0.1) is 0 Å². The van der Waals surface area contributed by atoms with Gasteiger partial charge >= 0.3 is 10.3 Å². The van der Waals surface area contributed by atoms with E-state index in [9.17, 15) is 8.42 Å². The van der Waals surface area contributed by atoms with Crippen LogP contribution in [0.15, 0.2) is 12.9 Å². The molecule has 152 valence electrons. The highest BCUT2D eigenvalue weighted by molar-refractivity contribution is 7.83. The lowest BCUT2D eigenvalue weighted by Crippen LogP contribution is -2.39. The van der Waals surface area contributed by atoms with Crippen LogP contribution in [0.5, 0.6) is 0 Å². The van der Waals surface area contributed by atoms with E-state index in [0.717, 1.165) is 0 Å². The zero-order valence-electron chi connectivity index (χ0n) is 15.1. The van der Waals surface area contributed by atoms with Gasteiger partial charge in [-0.05, 0) is 19.9 Å². The Hall–Kier alpha value is -2.16. The standard InChI is InChI=1S/C15H20N6O6S/c1-4-7-9-12(16)17-6-18-13(9)21(20-7)14-11-10(26-15(2,3)27-11)8(25-14)5-19-28(22,23)24/h4,6,8,10-11,14,19H,1,5H2,2-3H3,(H2,16,17,18)(H,22,23,24)/t8-,10-,11-,14-/m1/s1. The lowest BCUT2D eigenvalue weighted by atomic mass is 10.1. The SMILES string of the molecule is C=Cc1nn([C@@H]2O[C@H](CNS(=O)(=O)O)[C@H]3OC(C)(C)O[C@H]32)c2ncnc(N)c12. The second-order valence-corrected chi connectivity index (χ2v) is 8.18. The van der Waals surface area contributed by atoms with Crippen molar-refractivity contribution in [2.45, 2.75) is 44.2 Å². The fourth-order valence-corrected chi connectivity index (χ4v) is 3.93. The number of hydrogen-bond acceptors (Lipinski definition) is 9. The maximum atomic E-state index is 11.1. The predicted molar refractivity (Wildman–Crippen MR) is 97.1 cm³/mol. The third-order valence-corrected chi connectivity index (χ3v) is 5.10. The van der Waals surface area contributed by atoms with Crippen LogP contribution in [0.25, 0.3) is 17.1 Å². The summed E-state index contributed by atoms with van der Waals surface area (Å²) >= 11 is 0. The van der Waals surface area contributed by atoms with Crippen LogP contribution in [-0.2, 0) is 24.5 Å². The van der Waals surface area contributed by atoms with Gasteiger partial charge in [0.2, 0.25) is 0 Å². The molecular weight excluding hydrogens is 392 g/mol. The minimum atomic E-state index is -4.39. The molecule has 0 aromatic carbocycles. The van der Waals surface area contributed by atoms with Crippen molar-refractivity contribution >= 4 is 33.2 Å². The summed E-state index contributed by atoms with van der Waals surface area (Å²) in [5.41, 5.74) is 6.86. The summed E-state index contributed by atoms with van der Waals surface area (Å²) in [7, 11) is -4.39. The molecule has 4 atom stereocenters. The van der Waals surface area contributed by atoms with E-state index >= 15 is 0 Å². The monoisotopic (exact) mass is 412 g/mol. The first-order valence-electron chi connectivity index (χ1n) is 8.44. The van der Waals surface area contributed by atoms with Crippen molar-refractivity contribution in [3.63, 3.8) is 0 Å². The molecule has 0 saturated carbocycles. The molecule has 0 aliphatic carbocycles. The van der Waals surface area contributed by atoms with Crippen LogP contribution < -0.4 is 10.5 Å². The topological polar surface area (TPSA) is 164 Å². The van der Waals surface area contributed by atoms with Crippen molar-refractivity contribution in [2.75, 3.05) is 12.3 Å². The Kier molecular flexibility index (Phi) is 4.41. The minimum Gasteiger partial charge on any atom is -0.383 e. The molecule has 12 nitrogen and oxygen atoms in total. The van der Waals surface area contributed by atoms with Crippen molar-refractivity contribution < 1.29 is 27.2 Å². The maximum absolute atomic E-state index is 11.1. The normalized spacial score (nSPS) is 29.2. The van der Waals surface area contributed by atoms with Crippen LogP contribution in [0.4, 0.5) is 5.82 Å². The summed E-state index contributed by atoms with van der Waals surface area (Å²) in [6, 6.07) is 0. The second-order valence-electron chi connectivity index (χ2n) is 6.94. The molecule has 2 aliphatic rings. The molecule has 4 N–H and O–H groups in total. The fraction of sp³-hybridized carbons (Fsp3) is 0.533. The fourth-order valence-electron chi connectivity index (χ4n) is 3.55. The highest BCUT2D eigenvalue weighted by Crippen LogP contribution is 2.43. The highest BCUT2D eigenvalue weighted by atomic mass is 32.2. The lowest BCUT2D eigenvalue weighted by Gasteiger charge is -2.24. The molecule has 28 heavy (non-hydrogen) atoms. The van der Waals surface area contributed by atoms with E-state index in [4.69, 9.17) is 24.5 Å². The number of nitrogens with two attached hydrogens (primary N) is 1. The summed E-state index contributed by atoms with van der Waals surface area (Å²) in [6.07, 6.45) is 0.135. The van der Waals surface area contributed by atoms with Gasteiger partial charge in [0.1, 0.15) is 30.5 Å². The Morgan fingerprint density at radius 1 is 1.39 bits per heavy atom. The number of rotatable bonds is 5. The molecule has 4 heterocycles. The number of nitrogens with one attached hydrogen (secondary N) is 1. The van der Waals surface area contributed by atoms with Crippen LogP contribution in [-0.4, -0.2) is 63.4 Å². The van der Waals surface area contributed by atoms with Crippen molar-refractivity contribution in [1.82, 2.24) is 24.5 Å². The molecule has 2 aromatic rings. The Morgan fingerprint density at radius 2 is 2.11 bits per heavy atom. The summed E-state index contributed by atoms with van der Waals surface area (Å²) in [5, 5.41) is 4.99. The molecule has 0 bridgehead atoms. The number of hydrogen-bond donors (Lipinski definition) is 3. The van der Waals surface area contributed by atoms with Crippen molar-refractivity contribution in [3.05, 3.63) is 18.6 Å². The quantitative estimate of drug-likeness (QED) is 0.563. The average Bonchev–Trinajstić information content (AvgIpc) is 3.21. The van der Waals surface area contributed by atoms with E-state index in [1.54, 1.807) is 13.8 Å². The summed E-state index contributed by atoms with van der Waals surface area (Å²) in [5.74, 6) is -0.666. The van der Waals surface area contributed by atoms with Gasteiger partial charge < -0.3 is 19.9 Å². The number of anilines is 1. The van der Waals surface area contributed by atoms with Crippen LogP contribution in [0.1, 0.15) is 25.8 Å². The van der Waals surface area contributed by atoms with E-state index in [-0.39, 0.29) is 12.4 Å². The van der Waals surface area contributed by atoms with Crippen molar-refractivity contribution in [2.24, 2.45) is 0 Å². The van der Waals surface area contributed by atoms with E-state index in [2.05, 4.69) is 21.6 Å². The van der Waals surface area contributed by atoms with Gasteiger partial charge in [-0.2, -0.15) is 18.2 Å². The van der Waals surface area contributed by atoms with Crippen LogP contribution in [0.3, 0.4) is 0 Å². The third kappa shape index (κ3) is 3.25. The van der Waals surface area contributed by atoms with E-state index in [0.29, 0.717) is 16.7 Å². The first-order chi connectivity index (χ1) is 13.1. The van der Waals surface area contributed by atoms with Crippen molar-refractivity contribution in [1.29, 1.82) is 0 Å². The molecule has 0 radical (unpaired) electrons. The molecule has 4 rings (SSSR count). The van der Waals surface area contributed by atoms with E-state index < -0.39 is 40.6 Å². The molecule has 0 amide bonds. The number of aromatic nitrogens is 4. The largest absolute Gasteiger partial charge is 0.383 e. The van der Waals surface area contributed by atoms with Gasteiger partial charge in [-0.3, -0.25) is 4.55 Å². The first-order valence-corrected chi connectivity index (χ1v) is 9.88. The predicted octanol–water partition coefficient (Wildman–Crippen LogP) is -0.139. The van der Waals surface area contributed by atoms with Crippen LogP contribution >= 0.6 is 0 Å². The Balaban J connectivity index is 1.74. The van der Waals surface area contributed by atoms with Gasteiger partial charge in [-0.1, -0.05) is 6.58 Å². The van der Waals surface area contributed by atoms with Gasteiger partial charge in [0.05, 0.1) is 11.1 Å². The van der Waals surface area contributed by atoms with Gasteiger partial charge in [0, 0.05) is 6.54 Å². The number of fused-ring (bicyclic) bond motifs is 2. The Bertz CT molecular complexity index is 1040. The zero-order chi connectivity index (χ0) is 20.3. The number of nitrogens with zero attached hydrogens (tertiary/aromatic N) is 4. The molecule has 2 aliphatic heterocycles. The van der Waals surface area contributed by atoms with Crippen LogP contribution in [0, 0.1) is 0 Å². The Morgan fingerprint density at radius 3 is 2.79 bits per heavy atom. The molecule has 13 heteroatoms. The van der Waals surface area contributed by atoms with E-state index in [1.165, 1.54) is 17.1 Å². The highest BCUT2D eigenvalue weighted by Gasteiger charge is 2.56. The zero-order valence-corrected chi connectivity index (χ0v) is 16.0. The molecule has 0 spiro atoms. The van der Waals surface area contributed by atoms with E-state index in [1.807, 2.05) is 4.72 Å².